The van der Waals surface area contributed by atoms with Crippen molar-refractivity contribution < 1.29 is 18.3 Å². The predicted molar refractivity (Wildman–Crippen MR) is 46.4 cm³/mol. The largest absolute Gasteiger partial charge is 0.438 e. The van der Waals surface area contributed by atoms with Gasteiger partial charge in [0, 0.05) is 13.1 Å². The minimum atomic E-state index is -2.94. The van der Waals surface area contributed by atoms with Gasteiger partial charge >= 0.3 is 6.09 Å². The fourth-order valence-corrected chi connectivity index (χ4v) is 1.38. The molecule has 4 nitrogen and oxygen atoms in total. The molecule has 82 valence electrons. The number of rotatable bonds is 2. The fourth-order valence-electron chi connectivity index (χ4n) is 1.38. The Morgan fingerprint density at radius 3 is 2.79 bits per heavy atom. The maximum Gasteiger partial charge on any atom is 0.407 e. The maximum atomic E-state index is 13.1. The molecule has 1 aliphatic rings. The topological polar surface area (TPSA) is 41.6 Å². The van der Waals surface area contributed by atoms with Crippen LogP contribution in [0.3, 0.4) is 0 Å². The maximum absolute atomic E-state index is 13.1. The Labute approximate surface area is 81.2 Å². The Hall–Kier alpha value is -0.910. The molecule has 0 radical (unpaired) electrons. The predicted octanol–water partition coefficient (Wildman–Crippen LogP) is 0.682. The minimum absolute atomic E-state index is 0.0735. The van der Waals surface area contributed by atoms with Crippen LogP contribution < -0.4 is 5.32 Å². The van der Waals surface area contributed by atoms with Crippen molar-refractivity contribution in [2.24, 2.45) is 0 Å². The van der Waals surface area contributed by atoms with Crippen molar-refractivity contribution >= 4 is 6.09 Å². The zero-order valence-electron chi connectivity index (χ0n) is 8.22. The zero-order valence-corrected chi connectivity index (χ0v) is 8.22. The molecule has 0 saturated carbocycles. The van der Waals surface area contributed by atoms with Crippen LogP contribution in [-0.4, -0.2) is 49.7 Å². The van der Waals surface area contributed by atoms with Gasteiger partial charge < -0.3 is 10.1 Å². The minimum Gasteiger partial charge on any atom is -0.438 e. The van der Waals surface area contributed by atoms with Crippen LogP contribution in [0.2, 0.25) is 0 Å². The molecule has 1 unspecified atom stereocenters. The summed E-state index contributed by atoms with van der Waals surface area (Å²) < 4.78 is 30.8. The van der Waals surface area contributed by atoms with Gasteiger partial charge in [-0.25, -0.2) is 13.6 Å². The van der Waals surface area contributed by atoms with Crippen LogP contribution in [0.4, 0.5) is 13.6 Å². The lowest BCUT2D eigenvalue weighted by Crippen LogP contribution is -2.39. The van der Waals surface area contributed by atoms with Gasteiger partial charge in [-0.3, -0.25) is 4.90 Å². The molecule has 0 spiro atoms. The number of alkyl halides is 2. The molecule has 0 aromatic rings. The van der Waals surface area contributed by atoms with Gasteiger partial charge in [0.1, 0.15) is 0 Å². The summed E-state index contributed by atoms with van der Waals surface area (Å²) in [6, 6.07) is 0. The number of likely N-dealkylation sites (tertiary alicyclic amines) is 1. The molecule has 1 saturated heterocycles. The Morgan fingerprint density at radius 2 is 2.36 bits per heavy atom. The van der Waals surface area contributed by atoms with E-state index in [4.69, 9.17) is 0 Å². The van der Waals surface area contributed by atoms with E-state index in [1.54, 1.807) is 14.0 Å². The van der Waals surface area contributed by atoms with E-state index in [1.807, 2.05) is 0 Å². The molecule has 1 N–H and O–H groups in total. The summed E-state index contributed by atoms with van der Waals surface area (Å²) in [5, 5.41) is 2.31. The summed E-state index contributed by atoms with van der Waals surface area (Å²) in [6.07, 6.45) is -2.12. The molecule has 1 heterocycles. The standard InChI is InChI=1S/C8H14F2N2O2/c1-3-11-7(13)14-6-4-12(2)5-8(6,9)10/h6H,3-5H2,1-2H3,(H,11,13). The molecule has 1 fully saturated rings. The van der Waals surface area contributed by atoms with Crippen molar-refractivity contribution in [1.82, 2.24) is 10.2 Å². The number of nitrogens with one attached hydrogen (secondary N) is 1. The Balaban J connectivity index is 2.48. The fraction of sp³-hybridized carbons (Fsp3) is 0.875. The highest BCUT2D eigenvalue weighted by Gasteiger charge is 2.49. The lowest BCUT2D eigenvalue weighted by Gasteiger charge is -2.17. The summed E-state index contributed by atoms with van der Waals surface area (Å²) in [5.41, 5.74) is 0. The van der Waals surface area contributed by atoms with E-state index in [-0.39, 0.29) is 13.1 Å². The number of halogens is 2. The first-order chi connectivity index (χ1) is 6.45. The quantitative estimate of drug-likeness (QED) is 0.725. The number of nitrogens with zero attached hydrogens (tertiary/aromatic N) is 1. The normalized spacial score (nSPS) is 26.1. The van der Waals surface area contributed by atoms with Crippen molar-refractivity contribution in [1.29, 1.82) is 0 Å². The summed E-state index contributed by atoms with van der Waals surface area (Å²) in [5.74, 6) is -2.94. The second kappa shape index (κ2) is 4.08. The van der Waals surface area contributed by atoms with E-state index < -0.39 is 18.1 Å². The first kappa shape index (κ1) is 11.2. The highest BCUT2D eigenvalue weighted by Crippen LogP contribution is 2.28. The highest BCUT2D eigenvalue weighted by atomic mass is 19.3. The molecular formula is C8H14F2N2O2. The van der Waals surface area contributed by atoms with Crippen LogP contribution in [0.5, 0.6) is 0 Å². The van der Waals surface area contributed by atoms with Gasteiger partial charge in [0.2, 0.25) is 0 Å². The summed E-state index contributed by atoms with van der Waals surface area (Å²) in [4.78, 5) is 12.3. The first-order valence-electron chi connectivity index (χ1n) is 4.46. The van der Waals surface area contributed by atoms with Crippen molar-refractivity contribution in [3.05, 3.63) is 0 Å². The smallest absolute Gasteiger partial charge is 0.407 e. The van der Waals surface area contributed by atoms with Crippen LogP contribution in [-0.2, 0) is 4.74 Å². The third-order valence-corrected chi connectivity index (χ3v) is 2.00. The Kier molecular flexibility index (Phi) is 3.25. The molecule has 0 bridgehead atoms. The van der Waals surface area contributed by atoms with Crippen LogP contribution in [0.1, 0.15) is 6.92 Å². The summed E-state index contributed by atoms with van der Waals surface area (Å²) >= 11 is 0. The second-order valence-corrected chi connectivity index (χ2v) is 3.38. The second-order valence-electron chi connectivity index (χ2n) is 3.38. The Morgan fingerprint density at radius 1 is 1.71 bits per heavy atom. The van der Waals surface area contributed by atoms with E-state index in [2.05, 4.69) is 10.1 Å². The van der Waals surface area contributed by atoms with Gasteiger partial charge in [0.25, 0.3) is 5.92 Å². The Bertz CT molecular complexity index is 223. The van der Waals surface area contributed by atoms with Crippen LogP contribution in [0.25, 0.3) is 0 Å². The van der Waals surface area contributed by atoms with Crippen LogP contribution in [0, 0.1) is 0 Å². The third-order valence-electron chi connectivity index (χ3n) is 2.00. The van der Waals surface area contributed by atoms with Crippen molar-refractivity contribution in [3.63, 3.8) is 0 Å². The van der Waals surface area contributed by atoms with Gasteiger partial charge in [-0.1, -0.05) is 0 Å². The molecule has 6 heteroatoms. The number of ether oxygens (including phenoxy) is 1. The van der Waals surface area contributed by atoms with Gasteiger partial charge in [0.15, 0.2) is 6.10 Å². The number of alkyl carbamates (subject to hydrolysis) is 1. The molecule has 1 rings (SSSR count). The molecule has 1 atom stereocenters. The number of carbonyl (C=O) groups is 1. The lowest BCUT2D eigenvalue weighted by atomic mass is 10.2. The molecule has 14 heavy (non-hydrogen) atoms. The SMILES string of the molecule is CCNC(=O)OC1CN(C)CC1(F)F. The monoisotopic (exact) mass is 208 g/mol. The molecule has 1 amide bonds. The molecule has 0 aromatic carbocycles. The number of hydrogen-bond acceptors (Lipinski definition) is 3. The number of hydrogen-bond donors (Lipinski definition) is 1. The highest BCUT2D eigenvalue weighted by molar-refractivity contribution is 5.67. The van der Waals surface area contributed by atoms with Crippen LogP contribution >= 0.6 is 0 Å². The molecular weight excluding hydrogens is 194 g/mol. The van der Waals surface area contributed by atoms with E-state index in [0.29, 0.717) is 6.54 Å². The van der Waals surface area contributed by atoms with Gasteiger partial charge in [-0.15, -0.1) is 0 Å². The van der Waals surface area contributed by atoms with E-state index in [9.17, 15) is 13.6 Å². The third kappa shape index (κ3) is 2.54. The number of amides is 1. The number of likely N-dealkylation sites (N-methyl/N-ethyl adjacent to an activating group) is 1. The van der Waals surface area contributed by atoms with Gasteiger partial charge in [0.05, 0.1) is 6.54 Å². The zero-order chi connectivity index (χ0) is 10.8. The number of carbonyl (C=O) groups excluding carboxylic acids is 1. The van der Waals surface area contributed by atoms with Gasteiger partial charge in [-0.05, 0) is 14.0 Å². The van der Waals surface area contributed by atoms with Crippen molar-refractivity contribution in [3.8, 4) is 0 Å². The van der Waals surface area contributed by atoms with Gasteiger partial charge in [-0.2, -0.15) is 0 Å². The molecule has 0 aromatic heterocycles. The molecule has 1 aliphatic heterocycles. The van der Waals surface area contributed by atoms with Crippen molar-refractivity contribution in [2.75, 3.05) is 26.7 Å². The summed E-state index contributed by atoms with van der Waals surface area (Å²) in [7, 11) is 1.56. The van der Waals surface area contributed by atoms with Crippen molar-refractivity contribution in [2.45, 2.75) is 19.0 Å². The van der Waals surface area contributed by atoms with E-state index in [0.717, 1.165) is 0 Å². The van der Waals surface area contributed by atoms with Crippen LogP contribution in [0.15, 0.2) is 0 Å². The average Bonchev–Trinajstić information content (AvgIpc) is 2.25. The molecule has 0 aliphatic carbocycles. The van der Waals surface area contributed by atoms with E-state index in [1.165, 1.54) is 4.90 Å². The first-order valence-corrected chi connectivity index (χ1v) is 4.46. The van der Waals surface area contributed by atoms with E-state index >= 15 is 0 Å². The average molecular weight is 208 g/mol. The summed E-state index contributed by atoms with van der Waals surface area (Å²) in [6.45, 7) is 1.77. The lowest BCUT2D eigenvalue weighted by molar-refractivity contribution is -0.0774.